The van der Waals surface area contributed by atoms with Crippen LogP contribution in [-0.4, -0.2) is 37.8 Å². The highest BCUT2D eigenvalue weighted by Gasteiger charge is 2.47. The lowest BCUT2D eigenvalue weighted by atomic mass is 10.00. The van der Waals surface area contributed by atoms with Crippen LogP contribution in [0.2, 0.25) is 0 Å². The van der Waals surface area contributed by atoms with Crippen LogP contribution in [0.25, 0.3) is 11.2 Å². The van der Waals surface area contributed by atoms with Crippen molar-refractivity contribution in [1.82, 2.24) is 19.5 Å². The second kappa shape index (κ2) is 9.38. The summed E-state index contributed by atoms with van der Waals surface area (Å²) in [6.45, 7) is 3.35. The number of fused-ring (bicyclic) bond motifs is 1. The minimum absolute atomic E-state index is 0.0931. The van der Waals surface area contributed by atoms with E-state index in [9.17, 15) is 0 Å². The molecule has 1 fully saturated rings. The van der Waals surface area contributed by atoms with Crippen LogP contribution in [0, 0.1) is 0 Å². The molecule has 3 atom stereocenters. The van der Waals surface area contributed by atoms with Gasteiger partial charge >= 0.3 is 0 Å². The standard InChI is InChI=1S/C25H28N6O3/c1-25(15-32-13-17-8-4-2-5-9-17)19(33-14-18-10-6-3-7-11-18)12-20(34-25)31-16-28-21-22(26)29-24(27)30-23(21)31/h2-11,16,19-20H,12-15H2,1H3,(H4,26,27,29,30)/t19-,20+,25+/m0/s1. The first-order valence-corrected chi connectivity index (χ1v) is 11.2. The number of aromatic nitrogens is 4. The Hall–Kier alpha value is -3.53. The SMILES string of the molecule is C[C@]1(COCc2ccccc2)O[C@@H](n2cnc3c(N)nc(N)nc32)C[C@@H]1OCc1ccccc1. The van der Waals surface area contributed by atoms with Crippen LogP contribution in [0.15, 0.2) is 67.0 Å². The smallest absolute Gasteiger partial charge is 0.224 e. The highest BCUT2D eigenvalue weighted by atomic mass is 16.6. The van der Waals surface area contributed by atoms with Crippen LogP contribution in [0.5, 0.6) is 0 Å². The summed E-state index contributed by atoms with van der Waals surface area (Å²) in [7, 11) is 0. The maximum Gasteiger partial charge on any atom is 0.224 e. The van der Waals surface area contributed by atoms with Crippen molar-refractivity contribution in [3.05, 3.63) is 78.1 Å². The second-order valence-corrected chi connectivity index (χ2v) is 8.68. The average molecular weight is 461 g/mol. The molecule has 5 rings (SSSR count). The van der Waals surface area contributed by atoms with Crippen LogP contribution >= 0.6 is 0 Å². The molecule has 4 N–H and O–H groups in total. The van der Waals surface area contributed by atoms with Gasteiger partial charge < -0.3 is 25.7 Å². The van der Waals surface area contributed by atoms with Crippen LogP contribution in [0.4, 0.5) is 11.8 Å². The molecular weight excluding hydrogens is 432 g/mol. The van der Waals surface area contributed by atoms with Crippen LogP contribution in [0.3, 0.4) is 0 Å². The van der Waals surface area contributed by atoms with Crippen molar-refractivity contribution in [2.24, 2.45) is 0 Å². The van der Waals surface area contributed by atoms with Crippen molar-refractivity contribution in [2.75, 3.05) is 18.1 Å². The lowest BCUT2D eigenvalue weighted by Crippen LogP contribution is -2.42. The van der Waals surface area contributed by atoms with Gasteiger partial charge in [-0.25, -0.2) is 4.98 Å². The zero-order valence-corrected chi connectivity index (χ0v) is 19.0. The van der Waals surface area contributed by atoms with Gasteiger partial charge in [-0.3, -0.25) is 4.57 Å². The number of benzene rings is 2. The molecule has 0 aliphatic carbocycles. The fraction of sp³-hybridized carbons (Fsp3) is 0.320. The largest absolute Gasteiger partial charge is 0.382 e. The van der Waals surface area contributed by atoms with Gasteiger partial charge in [-0.05, 0) is 18.1 Å². The van der Waals surface area contributed by atoms with E-state index < -0.39 is 5.60 Å². The predicted molar refractivity (Wildman–Crippen MR) is 128 cm³/mol. The minimum Gasteiger partial charge on any atom is -0.382 e. The average Bonchev–Trinajstić information content (AvgIpc) is 3.40. The Labute approximate surface area is 197 Å². The fourth-order valence-electron chi connectivity index (χ4n) is 4.29. The summed E-state index contributed by atoms with van der Waals surface area (Å²) >= 11 is 0. The van der Waals surface area contributed by atoms with Gasteiger partial charge in [-0.15, -0.1) is 0 Å². The van der Waals surface area contributed by atoms with E-state index in [4.69, 9.17) is 25.7 Å². The van der Waals surface area contributed by atoms with Crippen LogP contribution < -0.4 is 11.5 Å². The lowest BCUT2D eigenvalue weighted by molar-refractivity contribution is -0.145. The molecule has 2 aromatic carbocycles. The molecule has 0 radical (unpaired) electrons. The van der Waals surface area contributed by atoms with E-state index in [-0.39, 0.29) is 24.1 Å². The highest BCUT2D eigenvalue weighted by Crippen LogP contribution is 2.40. The summed E-state index contributed by atoms with van der Waals surface area (Å²) in [6, 6.07) is 20.1. The molecule has 2 aromatic heterocycles. The maximum absolute atomic E-state index is 6.55. The van der Waals surface area contributed by atoms with Crippen molar-refractivity contribution in [3.63, 3.8) is 0 Å². The van der Waals surface area contributed by atoms with Crippen molar-refractivity contribution >= 4 is 22.9 Å². The predicted octanol–water partition coefficient (Wildman–Crippen LogP) is 3.47. The summed E-state index contributed by atoms with van der Waals surface area (Å²) in [5.41, 5.74) is 14.4. The first-order valence-electron chi connectivity index (χ1n) is 11.2. The molecule has 0 amide bonds. The highest BCUT2D eigenvalue weighted by molar-refractivity contribution is 5.82. The lowest BCUT2D eigenvalue weighted by Gasteiger charge is -2.30. The van der Waals surface area contributed by atoms with E-state index in [2.05, 4.69) is 15.0 Å². The molecule has 34 heavy (non-hydrogen) atoms. The molecule has 4 aromatic rings. The second-order valence-electron chi connectivity index (χ2n) is 8.68. The summed E-state index contributed by atoms with van der Waals surface area (Å²) in [5, 5.41) is 0. The molecule has 1 saturated heterocycles. The molecule has 0 unspecified atom stereocenters. The molecule has 0 saturated carbocycles. The Morgan fingerprint density at radius 1 is 1.00 bits per heavy atom. The number of nitrogen functional groups attached to an aromatic ring is 2. The van der Waals surface area contributed by atoms with Crippen LogP contribution in [-0.2, 0) is 27.4 Å². The minimum atomic E-state index is -0.686. The Balaban J connectivity index is 1.37. The molecule has 176 valence electrons. The van der Waals surface area contributed by atoms with Gasteiger partial charge in [0.1, 0.15) is 17.3 Å². The van der Waals surface area contributed by atoms with Gasteiger partial charge in [0.2, 0.25) is 5.95 Å². The monoisotopic (exact) mass is 460 g/mol. The molecule has 3 heterocycles. The third kappa shape index (κ3) is 4.58. The number of nitrogens with two attached hydrogens (primary N) is 2. The zero-order valence-electron chi connectivity index (χ0n) is 19.0. The first-order chi connectivity index (χ1) is 16.5. The summed E-state index contributed by atoms with van der Waals surface area (Å²) in [4.78, 5) is 12.7. The van der Waals surface area contributed by atoms with E-state index in [1.54, 1.807) is 6.33 Å². The maximum atomic E-state index is 6.55. The van der Waals surface area contributed by atoms with Gasteiger partial charge in [0.15, 0.2) is 11.5 Å². The number of rotatable bonds is 8. The third-order valence-electron chi connectivity index (χ3n) is 6.07. The van der Waals surface area contributed by atoms with Crippen molar-refractivity contribution in [2.45, 2.75) is 44.5 Å². The zero-order chi connectivity index (χ0) is 23.5. The van der Waals surface area contributed by atoms with E-state index in [1.165, 1.54) is 0 Å². The summed E-state index contributed by atoms with van der Waals surface area (Å²) in [6.07, 6.45) is 1.66. The quantitative estimate of drug-likeness (QED) is 0.410. The number of ether oxygens (including phenoxy) is 3. The van der Waals surface area contributed by atoms with Crippen molar-refractivity contribution < 1.29 is 14.2 Å². The van der Waals surface area contributed by atoms with E-state index in [0.29, 0.717) is 37.4 Å². The molecule has 1 aliphatic heterocycles. The van der Waals surface area contributed by atoms with Gasteiger partial charge in [-0.2, -0.15) is 9.97 Å². The third-order valence-corrected chi connectivity index (χ3v) is 6.07. The molecular formula is C25H28N6O3. The number of hydrogen-bond acceptors (Lipinski definition) is 8. The Bertz CT molecular complexity index is 1250. The molecule has 9 nitrogen and oxygen atoms in total. The fourth-order valence-corrected chi connectivity index (χ4v) is 4.29. The Morgan fingerprint density at radius 3 is 2.38 bits per heavy atom. The number of anilines is 2. The number of hydrogen-bond donors (Lipinski definition) is 2. The van der Waals surface area contributed by atoms with Crippen molar-refractivity contribution in [3.8, 4) is 0 Å². The summed E-state index contributed by atoms with van der Waals surface area (Å²) < 4.78 is 20.8. The molecule has 9 heteroatoms. The molecule has 0 bridgehead atoms. The van der Waals surface area contributed by atoms with Gasteiger partial charge in [0.25, 0.3) is 0 Å². The van der Waals surface area contributed by atoms with Gasteiger partial charge in [-0.1, -0.05) is 60.7 Å². The van der Waals surface area contributed by atoms with E-state index in [1.807, 2.05) is 72.2 Å². The van der Waals surface area contributed by atoms with E-state index >= 15 is 0 Å². The summed E-state index contributed by atoms with van der Waals surface area (Å²) in [5.74, 6) is 0.334. The Kier molecular flexibility index (Phi) is 6.14. The number of nitrogens with zero attached hydrogens (tertiary/aromatic N) is 4. The van der Waals surface area contributed by atoms with Gasteiger partial charge in [0, 0.05) is 6.42 Å². The van der Waals surface area contributed by atoms with Crippen LogP contribution in [0.1, 0.15) is 30.7 Å². The van der Waals surface area contributed by atoms with E-state index in [0.717, 1.165) is 11.1 Å². The van der Waals surface area contributed by atoms with Gasteiger partial charge in [0.05, 0.1) is 32.3 Å². The first kappa shape index (κ1) is 22.3. The normalized spacial score (nSPS) is 22.4. The topological polar surface area (TPSA) is 123 Å². The van der Waals surface area contributed by atoms with Crippen molar-refractivity contribution in [1.29, 1.82) is 0 Å². The number of imidazole rings is 1. The molecule has 0 spiro atoms. The Morgan fingerprint density at radius 2 is 1.68 bits per heavy atom. The molecule has 1 aliphatic rings.